The van der Waals surface area contributed by atoms with Gasteiger partial charge in [-0.2, -0.15) is 0 Å². The number of carbonyl (C=O) groups is 3. The SMILES string of the molecule is CC(C)(C)OC(=O)N1CC(Oc2ccccc2)CC1C(=O)N[C@@H](Cc1cc(F)cc(F)c1)c1ncccc1-c1ccc(F)c(C(N)=O)c1. The number of hydrogen-bond donors (Lipinski definition) is 2. The van der Waals surface area contributed by atoms with Gasteiger partial charge in [-0.05, 0) is 80.8 Å². The van der Waals surface area contributed by atoms with Gasteiger partial charge < -0.3 is 20.5 Å². The monoisotopic (exact) mass is 660 g/mol. The van der Waals surface area contributed by atoms with Gasteiger partial charge in [0.05, 0.1) is 23.8 Å². The second-order valence-corrected chi connectivity index (χ2v) is 12.5. The number of para-hydroxylation sites is 1. The van der Waals surface area contributed by atoms with Crippen molar-refractivity contribution in [3.8, 4) is 16.9 Å². The number of rotatable bonds is 9. The van der Waals surface area contributed by atoms with Gasteiger partial charge in [-0.1, -0.05) is 30.3 Å². The number of halogens is 3. The van der Waals surface area contributed by atoms with Crippen molar-refractivity contribution in [2.24, 2.45) is 5.73 Å². The molecule has 3 atom stereocenters. The van der Waals surface area contributed by atoms with E-state index in [9.17, 15) is 27.6 Å². The van der Waals surface area contributed by atoms with E-state index >= 15 is 0 Å². The maximum Gasteiger partial charge on any atom is 0.411 e. The first kappa shape index (κ1) is 34.0. The second-order valence-electron chi connectivity index (χ2n) is 12.5. The molecular formula is C36H35F3N4O5. The van der Waals surface area contributed by atoms with Crippen LogP contribution in [0.15, 0.2) is 85.1 Å². The topological polar surface area (TPSA) is 124 Å². The Morgan fingerprint density at radius 1 is 0.979 bits per heavy atom. The molecule has 1 aliphatic rings. The molecule has 3 amide bonds. The van der Waals surface area contributed by atoms with E-state index < -0.39 is 59.1 Å². The maximum atomic E-state index is 14.4. The highest BCUT2D eigenvalue weighted by Crippen LogP contribution is 2.32. The number of hydrogen-bond acceptors (Lipinski definition) is 6. The zero-order valence-electron chi connectivity index (χ0n) is 26.6. The molecule has 2 heterocycles. The summed E-state index contributed by atoms with van der Waals surface area (Å²) in [6.45, 7) is 5.19. The lowest BCUT2D eigenvalue weighted by Crippen LogP contribution is -2.48. The summed E-state index contributed by atoms with van der Waals surface area (Å²) in [5.41, 5.74) is 5.44. The van der Waals surface area contributed by atoms with E-state index in [-0.39, 0.29) is 36.2 Å². The Kier molecular flexibility index (Phi) is 10.0. The van der Waals surface area contributed by atoms with Gasteiger partial charge in [0.2, 0.25) is 5.91 Å². The number of likely N-dealkylation sites (tertiary alicyclic amines) is 1. The molecule has 0 aliphatic carbocycles. The van der Waals surface area contributed by atoms with Gasteiger partial charge in [-0.25, -0.2) is 18.0 Å². The molecule has 4 aromatic rings. The van der Waals surface area contributed by atoms with E-state index in [2.05, 4.69) is 10.3 Å². The number of nitrogens with zero attached hydrogens (tertiary/aromatic N) is 2. The molecule has 250 valence electrons. The van der Waals surface area contributed by atoms with Gasteiger partial charge >= 0.3 is 6.09 Å². The minimum absolute atomic E-state index is 0.0575. The Morgan fingerprint density at radius 2 is 1.69 bits per heavy atom. The van der Waals surface area contributed by atoms with Crippen molar-refractivity contribution in [2.45, 2.75) is 57.4 Å². The van der Waals surface area contributed by atoms with Crippen LogP contribution in [0.1, 0.15) is 54.8 Å². The first-order chi connectivity index (χ1) is 22.8. The van der Waals surface area contributed by atoms with Gasteiger partial charge in [0, 0.05) is 24.2 Å². The normalized spacial score (nSPS) is 16.7. The summed E-state index contributed by atoms with van der Waals surface area (Å²) in [5.74, 6) is -3.44. The molecule has 3 aromatic carbocycles. The Hall–Kier alpha value is -5.39. The molecule has 0 bridgehead atoms. The predicted octanol–water partition coefficient (Wildman–Crippen LogP) is 6.12. The van der Waals surface area contributed by atoms with Crippen molar-refractivity contribution in [3.05, 3.63) is 119 Å². The van der Waals surface area contributed by atoms with E-state index in [1.807, 2.05) is 6.07 Å². The maximum absolute atomic E-state index is 14.4. The first-order valence-electron chi connectivity index (χ1n) is 15.3. The summed E-state index contributed by atoms with van der Waals surface area (Å²) in [4.78, 5) is 45.2. The van der Waals surface area contributed by atoms with E-state index in [1.165, 1.54) is 23.2 Å². The molecule has 0 radical (unpaired) electrons. The largest absolute Gasteiger partial charge is 0.488 e. The highest BCUT2D eigenvalue weighted by molar-refractivity contribution is 5.94. The van der Waals surface area contributed by atoms with Crippen LogP contribution >= 0.6 is 0 Å². The van der Waals surface area contributed by atoms with Crippen molar-refractivity contribution in [3.63, 3.8) is 0 Å². The average molecular weight is 661 g/mol. The van der Waals surface area contributed by atoms with Gasteiger partial charge in [0.25, 0.3) is 5.91 Å². The number of pyridine rings is 1. The zero-order valence-corrected chi connectivity index (χ0v) is 26.6. The number of amides is 3. The fourth-order valence-corrected chi connectivity index (χ4v) is 5.61. The van der Waals surface area contributed by atoms with Gasteiger partial charge in [-0.3, -0.25) is 19.5 Å². The second kappa shape index (κ2) is 14.2. The molecule has 12 heteroatoms. The molecule has 2 unspecified atom stereocenters. The third-order valence-corrected chi connectivity index (χ3v) is 7.63. The summed E-state index contributed by atoms with van der Waals surface area (Å²) >= 11 is 0. The van der Waals surface area contributed by atoms with Gasteiger partial charge in [0.1, 0.15) is 40.9 Å². The van der Waals surface area contributed by atoms with E-state index in [4.69, 9.17) is 15.2 Å². The molecular weight excluding hydrogens is 625 g/mol. The fraction of sp³-hybridized carbons (Fsp3) is 0.278. The smallest absolute Gasteiger partial charge is 0.411 e. The van der Waals surface area contributed by atoms with Crippen LogP contribution in [0.25, 0.3) is 11.1 Å². The van der Waals surface area contributed by atoms with Crippen molar-refractivity contribution in [1.82, 2.24) is 15.2 Å². The third kappa shape index (κ3) is 8.30. The van der Waals surface area contributed by atoms with Crippen LogP contribution in [-0.4, -0.2) is 52.1 Å². The lowest BCUT2D eigenvalue weighted by molar-refractivity contribution is -0.126. The number of benzene rings is 3. The standard InChI is InChI=1S/C36H35F3N4O5/c1-36(2,3)48-35(46)43-20-26(47-25-8-5-4-6-9-25)19-31(43)34(45)42-30(16-21-14-23(37)18-24(38)15-21)32-27(10-7-13-41-32)22-11-12-29(39)28(17-22)33(40)44/h4-15,17-18,26,30-31H,16,19-20H2,1-3H3,(H2,40,44)(H,42,45)/t26?,30-,31?/m0/s1. The molecule has 1 aliphatic heterocycles. The lowest BCUT2D eigenvalue weighted by atomic mass is 9.94. The quantitative estimate of drug-likeness (QED) is 0.223. The lowest BCUT2D eigenvalue weighted by Gasteiger charge is -2.29. The molecule has 1 saturated heterocycles. The number of nitrogens with one attached hydrogen (secondary N) is 1. The zero-order chi connectivity index (χ0) is 34.6. The average Bonchev–Trinajstić information content (AvgIpc) is 3.44. The molecule has 1 fully saturated rings. The highest BCUT2D eigenvalue weighted by Gasteiger charge is 2.43. The molecule has 9 nitrogen and oxygen atoms in total. The molecule has 0 spiro atoms. The predicted molar refractivity (Wildman–Crippen MR) is 171 cm³/mol. The molecule has 1 aromatic heterocycles. The molecule has 3 N–H and O–H groups in total. The van der Waals surface area contributed by atoms with Gasteiger partial charge in [-0.15, -0.1) is 0 Å². The fourth-order valence-electron chi connectivity index (χ4n) is 5.61. The van der Waals surface area contributed by atoms with E-state index in [0.717, 1.165) is 24.3 Å². The van der Waals surface area contributed by atoms with Crippen LogP contribution in [0.2, 0.25) is 0 Å². The Bertz CT molecular complexity index is 1800. The van der Waals surface area contributed by atoms with E-state index in [1.54, 1.807) is 57.2 Å². The first-order valence-corrected chi connectivity index (χ1v) is 15.3. The van der Waals surface area contributed by atoms with Crippen LogP contribution in [0, 0.1) is 17.5 Å². The number of primary amides is 1. The van der Waals surface area contributed by atoms with Crippen molar-refractivity contribution < 1.29 is 37.0 Å². The van der Waals surface area contributed by atoms with Crippen LogP contribution in [-0.2, 0) is 16.0 Å². The summed E-state index contributed by atoms with van der Waals surface area (Å²) in [6.07, 6.45) is 0.209. The number of aromatic nitrogens is 1. The van der Waals surface area contributed by atoms with Crippen LogP contribution in [0.3, 0.4) is 0 Å². The molecule has 0 saturated carbocycles. The summed E-state index contributed by atoms with van der Waals surface area (Å²) in [7, 11) is 0. The summed E-state index contributed by atoms with van der Waals surface area (Å²) < 4.78 is 54.7. The highest BCUT2D eigenvalue weighted by atomic mass is 19.1. The molecule has 48 heavy (non-hydrogen) atoms. The molecule has 5 rings (SSSR count). The number of carbonyl (C=O) groups excluding carboxylic acids is 3. The van der Waals surface area contributed by atoms with Crippen LogP contribution < -0.4 is 15.8 Å². The number of ether oxygens (including phenoxy) is 2. The van der Waals surface area contributed by atoms with Crippen molar-refractivity contribution >= 4 is 17.9 Å². The number of nitrogens with two attached hydrogens (primary N) is 1. The van der Waals surface area contributed by atoms with Crippen molar-refractivity contribution in [2.75, 3.05) is 6.54 Å². The minimum Gasteiger partial charge on any atom is -0.488 e. The Morgan fingerprint density at radius 3 is 2.35 bits per heavy atom. The third-order valence-electron chi connectivity index (χ3n) is 7.63. The Labute approximate surface area is 275 Å². The van der Waals surface area contributed by atoms with Crippen LogP contribution in [0.5, 0.6) is 5.75 Å². The van der Waals surface area contributed by atoms with Gasteiger partial charge in [0.15, 0.2) is 0 Å². The van der Waals surface area contributed by atoms with E-state index in [0.29, 0.717) is 16.9 Å². The van der Waals surface area contributed by atoms with Crippen LogP contribution in [0.4, 0.5) is 18.0 Å². The summed E-state index contributed by atoms with van der Waals surface area (Å²) in [6, 6.07) is 17.0. The Balaban J connectivity index is 1.52. The minimum atomic E-state index is -1.04. The van der Waals surface area contributed by atoms with Crippen molar-refractivity contribution in [1.29, 1.82) is 0 Å². The summed E-state index contributed by atoms with van der Waals surface area (Å²) in [5, 5.41) is 2.94.